The predicted octanol–water partition coefficient (Wildman–Crippen LogP) is 3.50. The fourth-order valence-electron chi connectivity index (χ4n) is 3.34. The van der Waals surface area contributed by atoms with Crippen molar-refractivity contribution >= 4 is 44.4 Å². The molecule has 0 radical (unpaired) electrons. The Morgan fingerprint density at radius 1 is 0.971 bits per heavy atom. The molecule has 0 aliphatic rings. The van der Waals surface area contributed by atoms with E-state index < -0.39 is 32.3 Å². The number of non-ortho nitro benzene ring substituents is 1. The Hall–Kier alpha value is -4.05. The first-order chi connectivity index (χ1) is 16.2. The van der Waals surface area contributed by atoms with Gasteiger partial charge in [-0.3, -0.25) is 19.7 Å². The number of rotatable bonds is 8. The topological polar surface area (TPSA) is 127 Å². The van der Waals surface area contributed by atoms with Gasteiger partial charge in [-0.25, -0.2) is 13.1 Å². The molecular formula is C24H23N3O6S. The highest BCUT2D eigenvalue weighted by atomic mass is 32.2. The van der Waals surface area contributed by atoms with E-state index in [9.17, 15) is 28.1 Å². The van der Waals surface area contributed by atoms with Gasteiger partial charge in [0.25, 0.3) is 27.5 Å². The number of amides is 2. The van der Waals surface area contributed by atoms with E-state index in [0.717, 1.165) is 5.39 Å². The quantitative estimate of drug-likeness (QED) is 0.172. The molecule has 0 spiro atoms. The van der Waals surface area contributed by atoms with Gasteiger partial charge in [-0.05, 0) is 60.5 Å². The number of likely N-dealkylation sites (N-methyl/N-ethyl adjacent to an activating group) is 1. The van der Waals surface area contributed by atoms with Crippen molar-refractivity contribution in [1.29, 1.82) is 0 Å². The average molecular weight is 482 g/mol. The number of fused-ring (bicyclic) bond motifs is 1. The Morgan fingerprint density at radius 3 is 2.18 bits per heavy atom. The van der Waals surface area contributed by atoms with Crippen LogP contribution in [0.15, 0.2) is 77.2 Å². The van der Waals surface area contributed by atoms with Gasteiger partial charge >= 0.3 is 0 Å². The van der Waals surface area contributed by atoms with Crippen LogP contribution in [0, 0.1) is 10.1 Å². The van der Waals surface area contributed by atoms with Crippen molar-refractivity contribution in [3.8, 4) is 0 Å². The van der Waals surface area contributed by atoms with E-state index >= 15 is 0 Å². The first-order valence-electron chi connectivity index (χ1n) is 10.5. The number of hydrogen-bond donors (Lipinski definition) is 1. The summed E-state index contributed by atoms with van der Waals surface area (Å²) in [5.41, 5.74) is -0.224. The molecule has 0 aliphatic carbocycles. The molecular weight excluding hydrogens is 458 g/mol. The van der Waals surface area contributed by atoms with Crippen LogP contribution < -0.4 is 4.72 Å². The summed E-state index contributed by atoms with van der Waals surface area (Å²) in [6.07, 6.45) is 1.22. The summed E-state index contributed by atoms with van der Waals surface area (Å²) in [5.74, 6) is -1.75. The Kier molecular flexibility index (Phi) is 7.42. The van der Waals surface area contributed by atoms with Crippen LogP contribution in [0.3, 0.4) is 0 Å². The number of nitro benzene ring substituents is 1. The van der Waals surface area contributed by atoms with Crippen molar-refractivity contribution in [3.63, 3.8) is 0 Å². The maximum atomic E-state index is 13.0. The summed E-state index contributed by atoms with van der Waals surface area (Å²) in [5, 5.41) is 12.4. The lowest BCUT2D eigenvalue weighted by Crippen LogP contribution is -2.39. The molecule has 0 aromatic heterocycles. The van der Waals surface area contributed by atoms with Gasteiger partial charge in [-0.2, -0.15) is 0 Å². The molecule has 0 aliphatic heterocycles. The van der Waals surface area contributed by atoms with Crippen LogP contribution in [-0.4, -0.2) is 43.1 Å². The molecule has 9 nitrogen and oxygen atoms in total. The van der Waals surface area contributed by atoms with E-state index in [1.165, 1.54) is 47.4 Å². The Labute approximate surface area is 196 Å². The summed E-state index contributed by atoms with van der Waals surface area (Å²) in [6, 6.07) is 16.8. The molecule has 2 amide bonds. The van der Waals surface area contributed by atoms with Crippen LogP contribution >= 0.6 is 0 Å². The second-order valence-corrected chi connectivity index (χ2v) is 9.01. The SMILES string of the molecule is CCN(CC)C(=O)/C(=C\c1ccc([N+](=O)[O-])cc1)C(=O)NS(=O)(=O)c1ccc2ccccc2c1. The molecule has 10 heteroatoms. The van der Waals surface area contributed by atoms with Crippen LogP contribution in [0.25, 0.3) is 16.8 Å². The molecule has 0 heterocycles. The van der Waals surface area contributed by atoms with Gasteiger partial charge in [0.1, 0.15) is 5.57 Å². The van der Waals surface area contributed by atoms with E-state index in [0.29, 0.717) is 24.0 Å². The van der Waals surface area contributed by atoms with Gasteiger partial charge in [0, 0.05) is 25.2 Å². The summed E-state index contributed by atoms with van der Waals surface area (Å²) >= 11 is 0. The summed E-state index contributed by atoms with van der Waals surface area (Å²) in [6.45, 7) is 4.07. The third-order valence-corrected chi connectivity index (χ3v) is 6.53. The third kappa shape index (κ3) is 5.46. The highest BCUT2D eigenvalue weighted by Crippen LogP contribution is 2.20. The largest absolute Gasteiger partial charge is 0.339 e. The highest BCUT2D eigenvalue weighted by molar-refractivity contribution is 7.90. The smallest absolute Gasteiger partial charge is 0.270 e. The number of hydrogen-bond acceptors (Lipinski definition) is 6. The second kappa shape index (κ2) is 10.3. The molecule has 3 rings (SSSR count). The first kappa shape index (κ1) is 24.6. The zero-order valence-corrected chi connectivity index (χ0v) is 19.4. The van der Waals surface area contributed by atoms with Gasteiger partial charge in [-0.15, -0.1) is 0 Å². The van der Waals surface area contributed by atoms with Crippen LogP contribution in [0.5, 0.6) is 0 Å². The maximum Gasteiger partial charge on any atom is 0.270 e. The lowest BCUT2D eigenvalue weighted by molar-refractivity contribution is -0.384. The second-order valence-electron chi connectivity index (χ2n) is 7.33. The molecule has 0 saturated heterocycles. The Balaban J connectivity index is 1.98. The number of carbonyl (C=O) groups is 2. The monoisotopic (exact) mass is 481 g/mol. The fourth-order valence-corrected chi connectivity index (χ4v) is 4.34. The third-order valence-electron chi connectivity index (χ3n) is 5.20. The standard InChI is InChI=1S/C24H23N3O6S/c1-3-26(4-2)24(29)22(15-17-9-12-20(13-10-17)27(30)31)23(28)25-34(32,33)21-14-11-18-7-5-6-8-19(18)16-21/h5-16H,3-4H2,1-2H3,(H,25,28)/b22-15-. The summed E-state index contributed by atoms with van der Waals surface area (Å²) in [7, 11) is -4.28. The molecule has 0 fully saturated rings. The van der Waals surface area contributed by atoms with Gasteiger partial charge in [0.05, 0.1) is 9.82 Å². The highest BCUT2D eigenvalue weighted by Gasteiger charge is 2.27. The molecule has 176 valence electrons. The van der Waals surface area contributed by atoms with Crippen molar-refractivity contribution in [2.75, 3.05) is 13.1 Å². The molecule has 0 saturated carbocycles. The minimum atomic E-state index is -4.28. The van der Waals surface area contributed by atoms with Crippen molar-refractivity contribution in [1.82, 2.24) is 9.62 Å². The van der Waals surface area contributed by atoms with Crippen molar-refractivity contribution < 1.29 is 22.9 Å². The number of nitrogens with one attached hydrogen (secondary N) is 1. The average Bonchev–Trinajstić information content (AvgIpc) is 2.82. The number of benzene rings is 3. The number of nitrogens with zero attached hydrogens (tertiary/aromatic N) is 2. The van der Waals surface area contributed by atoms with Gasteiger partial charge in [0.15, 0.2) is 0 Å². The lowest BCUT2D eigenvalue weighted by Gasteiger charge is -2.20. The van der Waals surface area contributed by atoms with Crippen LogP contribution in [0.1, 0.15) is 19.4 Å². The molecule has 0 unspecified atom stereocenters. The zero-order chi connectivity index (χ0) is 24.9. The van der Waals surface area contributed by atoms with E-state index in [-0.39, 0.29) is 10.6 Å². The van der Waals surface area contributed by atoms with Crippen molar-refractivity contribution in [2.24, 2.45) is 0 Å². The first-order valence-corrected chi connectivity index (χ1v) is 12.0. The Morgan fingerprint density at radius 2 is 1.59 bits per heavy atom. The molecule has 3 aromatic rings. The maximum absolute atomic E-state index is 13.0. The van der Waals surface area contributed by atoms with Gasteiger partial charge < -0.3 is 4.90 Å². The van der Waals surface area contributed by atoms with Crippen molar-refractivity contribution in [2.45, 2.75) is 18.7 Å². The molecule has 0 bridgehead atoms. The lowest BCUT2D eigenvalue weighted by atomic mass is 10.1. The van der Waals surface area contributed by atoms with Gasteiger partial charge in [0.2, 0.25) is 0 Å². The number of sulfonamides is 1. The predicted molar refractivity (Wildman–Crippen MR) is 128 cm³/mol. The van der Waals surface area contributed by atoms with Crippen LogP contribution in [0.2, 0.25) is 0 Å². The zero-order valence-electron chi connectivity index (χ0n) is 18.6. The normalized spacial score (nSPS) is 11.8. The van der Waals surface area contributed by atoms with E-state index in [2.05, 4.69) is 0 Å². The minimum Gasteiger partial charge on any atom is -0.339 e. The van der Waals surface area contributed by atoms with Crippen LogP contribution in [-0.2, 0) is 19.6 Å². The molecule has 0 atom stereocenters. The molecule has 1 N–H and O–H groups in total. The van der Waals surface area contributed by atoms with Crippen molar-refractivity contribution in [3.05, 3.63) is 88.0 Å². The van der Waals surface area contributed by atoms with Crippen LogP contribution in [0.4, 0.5) is 5.69 Å². The van der Waals surface area contributed by atoms with E-state index in [1.807, 2.05) is 16.9 Å². The fraction of sp³-hybridized carbons (Fsp3) is 0.167. The summed E-state index contributed by atoms with van der Waals surface area (Å²) < 4.78 is 27.9. The minimum absolute atomic E-state index is 0.121. The number of nitro groups is 1. The molecule has 3 aromatic carbocycles. The van der Waals surface area contributed by atoms with Gasteiger partial charge in [-0.1, -0.05) is 30.3 Å². The van der Waals surface area contributed by atoms with E-state index in [4.69, 9.17) is 0 Å². The van der Waals surface area contributed by atoms with E-state index in [1.54, 1.807) is 32.0 Å². The summed E-state index contributed by atoms with van der Waals surface area (Å²) in [4.78, 5) is 37.6. The molecule has 34 heavy (non-hydrogen) atoms. The number of carbonyl (C=O) groups excluding carboxylic acids is 2. The Bertz CT molecular complexity index is 1380.